The van der Waals surface area contributed by atoms with E-state index in [1.165, 1.54) is 0 Å². The normalized spacial score (nSPS) is 12.2. The molecule has 0 radical (unpaired) electrons. The van der Waals surface area contributed by atoms with Crippen molar-refractivity contribution in [3.63, 3.8) is 0 Å². The number of alkyl halides is 1. The molecular weight excluding hydrogens is 142 g/mol. The minimum absolute atomic E-state index is 0.0990. The molecule has 0 bridgehead atoms. The molecule has 0 heterocycles. The fourth-order valence-corrected chi connectivity index (χ4v) is 0.404. The highest BCUT2D eigenvalue weighted by Crippen LogP contribution is 1.77. The Bertz CT molecular complexity index is 116. The molecule has 3 nitrogen and oxygen atoms in total. The molecule has 0 spiro atoms. The van der Waals surface area contributed by atoms with E-state index in [1.54, 1.807) is 6.92 Å². The van der Waals surface area contributed by atoms with Crippen molar-refractivity contribution in [2.45, 2.75) is 13.0 Å². The second-order valence-corrected chi connectivity index (χ2v) is 1.89. The maximum atomic E-state index is 10.4. The predicted octanol–water partition coefficient (Wildman–Crippen LogP) is -0.0712. The molecule has 1 atom stereocenters. The number of carbonyl (C=O) groups excluding carboxylic acids is 2. The van der Waals surface area contributed by atoms with Crippen LogP contribution in [0, 0.1) is 0 Å². The van der Waals surface area contributed by atoms with Crippen molar-refractivity contribution < 1.29 is 9.59 Å². The largest absolute Gasteiger partial charge is 0.346 e. The van der Waals surface area contributed by atoms with Gasteiger partial charge in [0.25, 0.3) is 0 Å². The standard InChI is InChI=1S/C5H8ClNO2/c1-4(3-8)7-5(9)2-6/h3-4H,2H2,1H3,(H,7,9). The van der Waals surface area contributed by atoms with Crippen LogP contribution in [0.2, 0.25) is 0 Å². The van der Waals surface area contributed by atoms with Crippen molar-refractivity contribution in [2.24, 2.45) is 0 Å². The highest BCUT2D eigenvalue weighted by Gasteiger charge is 2.02. The molecule has 0 saturated heterocycles. The number of aldehydes is 1. The Hall–Kier alpha value is -0.570. The molecule has 0 saturated carbocycles. The third kappa shape index (κ3) is 3.97. The van der Waals surface area contributed by atoms with Gasteiger partial charge in [-0.2, -0.15) is 0 Å². The molecular formula is C5H8ClNO2. The molecule has 1 unspecified atom stereocenters. The average molecular weight is 150 g/mol. The van der Waals surface area contributed by atoms with Crippen LogP contribution < -0.4 is 5.32 Å². The summed E-state index contributed by atoms with van der Waals surface area (Å²) >= 11 is 5.13. The van der Waals surface area contributed by atoms with Gasteiger partial charge in [0.2, 0.25) is 5.91 Å². The lowest BCUT2D eigenvalue weighted by Gasteiger charge is -2.02. The Balaban J connectivity index is 3.46. The van der Waals surface area contributed by atoms with Gasteiger partial charge in [0.1, 0.15) is 12.2 Å². The molecule has 4 heteroatoms. The van der Waals surface area contributed by atoms with Crippen molar-refractivity contribution in [3.05, 3.63) is 0 Å². The molecule has 0 aliphatic carbocycles. The van der Waals surface area contributed by atoms with E-state index in [9.17, 15) is 9.59 Å². The smallest absolute Gasteiger partial charge is 0.235 e. The van der Waals surface area contributed by atoms with E-state index in [-0.39, 0.29) is 11.8 Å². The molecule has 0 aromatic carbocycles. The summed E-state index contributed by atoms with van der Waals surface area (Å²) in [6.45, 7) is 1.58. The van der Waals surface area contributed by atoms with E-state index in [0.717, 1.165) is 0 Å². The van der Waals surface area contributed by atoms with E-state index < -0.39 is 6.04 Å². The summed E-state index contributed by atoms with van der Waals surface area (Å²) in [6.07, 6.45) is 0.643. The lowest BCUT2D eigenvalue weighted by atomic mass is 10.4. The van der Waals surface area contributed by atoms with Crippen molar-refractivity contribution in [3.8, 4) is 0 Å². The van der Waals surface area contributed by atoms with Crippen LogP contribution in [0.4, 0.5) is 0 Å². The molecule has 9 heavy (non-hydrogen) atoms. The minimum atomic E-state index is -0.434. The summed E-state index contributed by atoms with van der Waals surface area (Å²) in [6, 6.07) is -0.434. The molecule has 52 valence electrons. The summed E-state index contributed by atoms with van der Waals surface area (Å²) in [5, 5.41) is 2.34. The number of rotatable bonds is 3. The van der Waals surface area contributed by atoms with Crippen LogP contribution in [-0.2, 0) is 9.59 Å². The molecule has 1 amide bonds. The number of hydrogen-bond donors (Lipinski definition) is 1. The highest BCUT2D eigenvalue weighted by atomic mass is 35.5. The Morgan fingerprint density at radius 1 is 1.89 bits per heavy atom. The summed E-state index contributed by atoms with van der Waals surface area (Å²) in [4.78, 5) is 20.3. The quantitative estimate of drug-likeness (QED) is 0.451. The van der Waals surface area contributed by atoms with Gasteiger partial charge < -0.3 is 10.1 Å². The summed E-state index contributed by atoms with van der Waals surface area (Å²) in [5.74, 6) is -0.422. The van der Waals surface area contributed by atoms with Gasteiger partial charge in [0.15, 0.2) is 0 Å². The van der Waals surface area contributed by atoms with Crippen LogP contribution in [-0.4, -0.2) is 24.1 Å². The van der Waals surface area contributed by atoms with E-state index >= 15 is 0 Å². The average Bonchev–Trinajstić information content (AvgIpc) is 1.87. The van der Waals surface area contributed by atoms with E-state index in [4.69, 9.17) is 11.6 Å². The number of carbonyl (C=O) groups is 2. The molecule has 0 rings (SSSR count). The lowest BCUT2D eigenvalue weighted by Crippen LogP contribution is -2.34. The SMILES string of the molecule is CC(C=O)NC(=O)CCl. The van der Waals surface area contributed by atoms with E-state index in [2.05, 4.69) is 5.32 Å². The summed E-state index contributed by atoms with van der Waals surface area (Å²) in [7, 11) is 0. The van der Waals surface area contributed by atoms with Crippen molar-refractivity contribution in [2.75, 3.05) is 5.88 Å². The number of hydrogen-bond acceptors (Lipinski definition) is 2. The zero-order chi connectivity index (χ0) is 7.28. The number of halogens is 1. The first-order valence-corrected chi connectivity index (χ1v) is 3.04. The molecule has 1 N–H and O–H groups in total. The molecule has 0 aromatic heterocycles. The first-order valence-electron chi connectivity index (χ1n) is 2.51. The fourth-order valence-electron chi connectivity index (χ4n) is 0.327. The summed E-state index contributed by atoms with van der Waals surface area (Å²) < 4.78 is 0. The Labute approximate surface area is 58.4 Å². The maximum absolute atomic E-state index is 10.4. The van der Waals surface area contributed by atoms with Crippen LogP contribution in [0.15, 0.2) is 0 Å². The molecule has 0 fully saturated rings. The second-order valence-electron chi connectivity index (χ2n) is 1.63. The third-order valence-corrected chi connectivity index (χ3v) is 0.957. The number of nitrogens with one attached hydrogen (secondary N) is 1. The first-order chi connectivity index (χ1) is 4.20. The maximum Gasteiger partial charge on any atom is 0.235 e. The van der Waals surface area contributed by atoms with Gasteiger partial charge in [-0.1, -0.05) is 0 Å². The van der Waals surface area contributed by atoms with Crippen LogP contribution in [0.5, 0.6) is 0 Å². The van der Waals surface area contributed by atoms with Crippen molar-refractivity contribution >= 4 is 23.8 Å². The Kier molecular flexibility index (Phi) is 4.05. The lowest BCUT2D eigenvalue weighted by molar-refractivity contribution is -0.121. The molecule has 0 aromatic rings. The van der Waals surface area contributed by atoms with Crippen LogP contribution in [0.25, 0.3) is 0 Å². The van der Waals surface area contributed by atoms with Gasteiger partial charge in [0.05, 0.1) is 6.04 Å². The zero-order valence-corrected chi connectivity index (χ0v) is 5.81. The second kappa shape index (κ2) is 4.32. The van der Waals surface area contributed by atoms with Crippen molar-refractivity contribution in [1.29, 1.82) is 0 Å². The van der Waals surface area contributed by atoms with Gasteiger partial charge >= 0.3 is 0 Å². The van der Waals surface area contributed by atoms with E-state index in [1.807, 2.05) is 0 Å². The van der Waals surface area contributed by atoms with Gasteiger partial charge in [-0.3, -0.25) is 4.79 Å². The highest BCUT2D eigenvalue weighted by molar-refractivity contribution is 6.27. The van der Waals surface area contributed by atoms with Crippen molar-refractivity contribution in [1.82, 2.24) is 5.32 Å². The first kappa shape index (κ1) is 8.43. The van der Waals surface area contributed by atoms with Gasteiger partial charge in [-0.15, -0.1) is 11.6 Å². The monoisotopic (exact) mass is 149 g/mol. The topological polar surface area (TPSA) is 46.2 Å². The fraction of sp³-hybridized carbons (Fsp3) is 0.600. The third-order valence-electron chi connectivity index (χ3n) is 0.714. The minimum Gasteiger partial charge on any atom is -0.346 e. The van der Waals surface area contributed by atoms with E-state index in [0.29, 0.717) is 6.29 Å². The van der Waals surface area contributed by atoms with Gasteiger partial charge in [-0.25, -0.2) is 0 Å². The van der Waals surface area contributed by atoms with Gasteiger partial charge in [0, 0.05) is 0 Å². The van der Waals surface area contributed by atoms with Crippen LogP contribution >= 0.6 is 11.6 Å². The zero-order valence-electron chi connectivity index (χ0n) is 5.06. The Morgan fingerprint density at radius 2 is 2.44 bits per heavy atom. The van der Waals surface area contributed by atoms with Gasteiger partial charge in [-0.05, 0) is 6.92 Å². The Morgan fingerprint density at radius 3 is 2.78 bits per heavy atom. The number of amides is 1. The summed E-state index contributed by atoms with van der Waals surface area (Å²) in [5.41, 5.74) is 0. The van der Waals surface area contributed by atoms with Crippen LogP contribution in [0.3, 0.4) is 0 Å². The molecule has 0 aliphatic heterocycles. The van der Waals surface area contributed by atoms with Crippen LogP contribution in [0.1, 0.15) is 6.92 Å². The molecule has 0 aliphatic rings. The predicted molar refractivity (Wildman–Crippen MR) is 34.4 cm³/mol.